The molecule has 3 fully saturated rings. The van der Waals surface area contributed by atoms with E-state index in [4.69, 9.17) is 5.11 Å². The molecule has 2 unspecified atom stereocenters. The lowest BCUT2D eigenvalue weighted by Gasteiger charge is -2.35. The van der Waals surface area contributed by atoms with Crippen molar-refractivity contribution in [3.05, 3.63) is 0 Å². The van der Waals surface area contributed by atoms with Gasteiger partial charge in [-0.1, -0.05) is 6.42 Å². The molecule has 3 heterocycles. The molecule has 2 N–H and O–H groups in total. The van der Waals surface area contributed by atoms with Crippen molar-refractivity contribution >= 4 is 12.0 Å². The van der Waals surface area contributed by atoms with E-state index in [2.05, 4.69) is 10.2 Å². The number of carbonyl (C=O) groups is 2. The van der Waals surface area contributed by atoms with E-state index in [0.29, 0.717) is 25.6 Å². The zero-order valence-electron chi connectivity index (χ0n) is 12.5. The van der Waals surface area contributed by atoms with Gasteiger partial charge < -0.3 is 15.3 Å². The second-order valence-corrected chi connectivity index (χ2v) is 6.57. The molecule has 3 aliphatic heterocycles. The monoisotopic (exact) mass is 295 g/mol. The molecule has 0 radical (unpaired) electrons. The Bertz CT molecular complexity index is 415. The minimum absolute atomic E-state index is 0.0710. The van der Waals surface area contributed by atoms with Crippen molar-refractivity contribution in [1.82, 2.24) is 15.1 Å². The first-order valence-corrected chi connectivity index (χ1v) is 8.17. The van der Waals surface area contributed by atoms with Crippen LogP contribution in [0.2, 0.25) is 0 Å². The molecule has 3 saturated heterocycles. The lowest BCUT2D eigenvalue weighted by molar-refractivity contribution is -0.143. The standard InChI is InChI=1S/C15H25N3O3/c19-14(20)11-4-3-8-18(10-11)15(21)16-12-6-9-17-7-2-1-5-13(12)17/h11-13H,1-10H2,(H,16,21)(H,19,20)/t11-,12?,13?/m1/s1. The Balaban J connectivity index is 1.55. The number of hydrogen-bond acceptors (Lipinski definition) is 3. The molecule has 0 aromatic heterocycles. The van der Waals surface area contributed by atoms with Gasteiger partial charge in [-0.05, 0) is 38.6 Å². The van der Waals surface area contributed by atoms with Crippen LogP contribution in [0.3, 0.4) is 0 Å². The van der Waals surface area contributed by atoms with Gasteiger partial charge in [-0.15, -0.1) is 0 Å². The van der Waals surface area contributed by atoms with E-state index >= 15 is 0 Å². The quantitative estimate of drug-likeness (QED) is 0.801. The van der Waals surface area contributed by atoms with E-state index in [9.17, 15) is 9.59 Å². The summed E-state index contributed by atoms with van der Waals surface area (Å²) in [6, 6.07) is 0.657. The molecule has 21 heavy (non-hydrogen) atoms. The molecule has 0 saturated carbocycles. The van der Waals surface area contributed by atoms with E-state index in [1.165, 1.54) is 19.3 Å². The van der Waals surface area contributed by atoms with Crippen molar-refractivity contribution in [3.63, 3.8) is 0 Å². The largest absolute Gasteiger partial charge is 0.481 e. The molecular weight excluding hydrogens is 270 g/mol. The van der Waals surface area contributed by atoms with E-state index in [1.807, 2.05) is 0 Å². The summed E-state index contributed by atoms with van der Waals surface area (Å²) >= 11 is 0. The Labute approximate surface area is 125 Å². The molecule has 0 aromatic rings. The molecule has 3 rings (SSSR count). The minimum Gasteiger partial charge on any atom is -0.481 e. The number of rotatable bonds is 2. The number of amides is 2. The Morgan fingerprint density at radius 2 is 1.86 bits per heavy atom. The second-order valence-electron chi connectivity index (χ2n) is 6.57. The highest BCUT2D eigenvalue weighted by molar-refractivity contribution is 5.77. The molecule has 0 bridgehead atoms. The van der Waals surface area contributed by atoms with E-state index in [0.717, 1.165) is 25.9 Å². The molecule has 0 spiro atoms. The van der Waals surface area contributed by atoms with Crippen LogP contribution in [0.1, 0.15) is 38.5 Å². The zero-order chi connectivity index (χ0) is 14.8. The summed E-state index contributed by atoms with van der Waals surface area (Å²) in [6.45, 7) is 3.26. The van der Waals surface area contributed by atoms with E-state index < -0.39 is 11.9 Å². The normalized spacial score (nSPS) is 33.5. The first kappa shape index (κ1) is 14.6. The topological polar surface area (TPSA) is 72.9 Å². The van der Waals surface area contributed by atoms with Crippen LogP contribution >= 0.6 is 0 Å². The van der Waals surface area contributed by atoms with Gasteiger partial charge in [0, 0.05) is 31.7 Å². The fraction of sp³-hybridized carbons (Fsp3) is 0.867. The van der Waals surface area contributed by atoms with Gasteiger partial charge in [0.25, 0.3) is 0 Å². The highest BCUT2D eigenvalue weighted by Crippen LogP contribution is 2.27. The molecule has 3 aliphatic rings. The van der Waals surface area contributed by atoms with E-state index in [1.54, 1.807) is 4.90 Å². The SMILES string of the molecule is O=C(O)[C@@H]1CCCN(C(=O)NC2CCN3CCCCC23)C1. The number of carboxylic acids is 1. The number of fused-ring (bicyclic) bond motifs is 1. The second kappa shape index (κ2) is 6.22. The minimum atomic E-state index is -0.785. The molecule has 0 aliphatic carbocycles. The molecule has 6 nitrogen and oxygen atoms in total. The van der Waals surface area contributed by atoms with Crippen LogP contribution in [0, 0.1) is 5.92 Å². The van der Waals surface area contributed by atoms with Crippen molar-refractivity contribution in [2.24, 2.45) is 5.92 Å². The average Bonchev–Trinajstić information content (AvgIpc) is 2.91. The van der Waals surface area contributed by atoms with E-state index in [-0.39, 0.29) is 12.1 Å². The van der Waals surface area contributed by atoms with Crippen LogP contribution < -0.4 is 5.32 Å². The Kier molecular flexibility index (Phi) is 4.33. The van der Waals surface area contributed by atoms with Crippen molar-refractivity contribution in [3.8, 4) is 0 Å². The highest BCUT2D eigenvalue weighted by Gasteiger charge is 2.37. The summed E-state index contributed by atoms with van der Waals surface area (Å²) in [5.74, 6) is -1.19. The fourth-order valence-corrected chi connectivity index (χ4v) is 4.03. The van der Waals surface area contributed by atoms with Crippen LogP contribution in [0.4, 0.5) is 4.79 Å². The molecule has 2 amide bonds. The van der Waals surface area contributed by atoms with Gasteiger partial charge in [-0.25, -0.2) is 4.79 Å². The lowest BCUT2D eigenvalue weighted by atomic mass is 9.98. The van der Waals surface area contributed by atoms with Crippen LogP contribution in [-0.4, -0.2) is 65.2 Å². The number of aliphatic carboxylic acids is 1. The maximum absolute atomic E-state index is 12.4. The number of hydrogen-bond donors (Lipinski definition) is 2. The van der Waals surface area contributed by atoms with Crippen LogP contribution in [0.25, 0.3) is 0 Å². The third-order valence-electron chi connectivity index (χ3n) is 5.22. The summed E-state index contributed by atoms with van der Waals surface area (Å²) in [5, 5.41) is 12.3. The predicted molar refractivity (Wildman–Crippen MR) is 78.1 cm³/mol. The third kappa shape index (κ3) is 3.15. The van der Waals surface area contributed by atoms with Crippen molar-refractivity contribution in [2.45, 2.75) is 50.6 Å². The third-order valence-corrected chi connectivity index (χ3v) is 5.22. The number of nitrogens with zero attached hydrogens (tertiary/aromatic N) is 2. The maximum Gasteiger partial charge on any atom is 0.317 e. The van der Waals surface area contributed by atoms with Gasteiger partial charge in [0.1, 0.15) is 0 Å². The van der Waals surface area contributed by atoms with Gasteiger partial charge in [0.05, 0.1) is 5.92 Å². The number of nitrogens with one attached hydrogen (secondary N) is 1. The summed E-state index contributed by atoms with van der Waals surface area (Å²) in [7, 11) is 0. The highest BCUT2D eigenvalue weighted by atomic mass is 16.4. The Morgan fingerprint density at radius 3 is 2.67 bits per heavy atom. The first-order chi connectivity index (χ1) is 10.1. The number of urea groups is 1. The van der Waals surface area contributed by atoms with Gasteiger partial charge in [0.2, 0.25) is 0 Å². The fourth-order valence-electron chi connectivity index (χ4n) is 4.03. The van der Waals surface area contributed by atoms with Gasteiger partial charge in [-0.2, -0.15) is 0 Å². The first-order valence-electron chi connectivity index (χ1n) is 8.17. The predicted octanol–water partition coefficient (Wildman–Crippen LogP) is 1.12. The van der Waals surface area contributed by atoms with Crippen molar-refractivity contribution in [1.29, 1.82) is 0 Å². The Hall–Kier alpha value is -1.30. The van der Waals surface area contributed by atoms with Crippen LogP contribution in [-0.2, 0) is 4.79 Å². The molecule has 0 aromatic carbocycles. The molecular formula is C15H25N3O3. The molecule has 6 heteroatoms. The Morgan fingerprint density at radius 1 is 1.00 bits per heavy atom. The number of likely N-dealkylation sites (tertiary alicyclic amines) is 1. The number of piperidine rings is 2. The molecule has 118 valence electrons. The summed E-state index contributed by atoms with van der Waals surface area (Å²) in [6.07, 6.45) is 6.17. The van der Waals surface area contributed by atoms with Gasteiger partial charge >= 0.3 is 12.0 Å². The van der Waals surface area contributed by atoms with Crippen LogP contribution in [0.15, 0.2) is 0 Å². The zero-order valence-corrected chi connectivity index (χ0v) is 12.5. The number of carboxylic acid groups (broad SMARTS) is 1. The van der Waals surface area contributed by atoms with Gasteiger partial charge in [-0.3, -0.25) is 9.69 Å². The van der Waals surface area contributed by atoms with Crippen molar-refractivity contribution in [2.75, 3.05) is 26.2 Å². The lowest BCUT2D eigenvalue weighted by Crippen LogP contribution is -2.53. The van der Waals surface area contributed by atoms with Crippen molar-refractivity contribution < 1.29 is 14.7 Å². The smallest absolute Gasteiger partial charge is 0.317 e. The maximum atomic E-state index is 12.4. The van der Waals surface area contributed by atoms with Gasteiger partial charge in [0.15, 0.2) is 0 Å². The molecule has 3 atom stereocenters. The summed E-state index contributed by atoms with van der Waals surface area (Å²) in [4.78, 5) is 27.7. The van der Waals surface area contributed by atoms with Crippen LogP contribution in [0.5, 0.6) is 0 Å². The number of carbonyl (C=O) groups excluding carboxylic acids is 1. The summed E-state index contributed by atoms with van der Waals surface area (Å²) in [5.41, 5.74) is 0. The summed E-state index contributed by atoms with van der Waals surface area (Å²) < 4.78 is 0. The average molecular weight is 295 g/mol.